The average molecular weight is 336 g/mol. The Balaban J connectivity index is 2.09. The number of rotatable bonds is 5. The highest BCUT2D eigenvalue weighted by Crippen LogP contribution is 2.23. The van der Waals surface area contributed by atoms with Gasteiger partial charge < -0.3 is 9.84 Å². The average Bonchev–Trinajstić information content (AvgIpc) is 2.49. The smallest absolute Gasteiger partial charge is 0.335 e. The molecule has 0 radical (unpaired) electrons. The van der Waals surface area contributed by atoms with Crippen molar-refractivity contribution in [2.24, 2.45) is 0 Å². The predicted molar refractivity (Wildman–Crippen MR) is 83.8 cm³/mol. The first kappa shape index (κ1) is 16.2. The Hall–Kier alpha value is -2.22. The third-order valence-corrected chi connectivity index (χ3v) is 3.58. The fourth-order valence-electron chi connectivity index (χ4n) is 1.86. The number of hydrogen-bond acceptors (Lipinski definition) is 3. The minimum atomic E-state index is -1.07. The quantitative estimate of drug-likeness (QED) is 0.889. The summed E-state index contributed by atoms with van der Waals surface area (Å²) in [6.45, 7) is 0.263. The Morgan fingerprint density at radius 1 is 1.23 bits per heavy atom. The largest absolute Gasteiger partial charge is 0.492 e. The molecule has 2 aromatic carbocycles. The second kappa shape index (κ2) is 7.17. The molecular formula is C16H11Cl2NO3. The van der Waals surface area contributed by atoms with E-state index in [1.165, 1.54) is 18.2 Å². The molecule has 0 unspecified atom stereocenters. The minimum absolute atomic E-state index is 0.0681. The molecule has 6 heteroatoms. The second-order valence-corrected chi connectivity index (χ2v) is 5.31. The number of hydrogen-bond donors (Lipinski definition) is 1. The van der Waals surface area contributed by atoms with Gasteiger partial charge in [-0.1, -0.05) is 29.3 Å². The fourth-order valence-corrected chi connectivity index (χ4v) is 2.37. The van der Waals surface area contributed by atoms with E-state index in [1.54, 1.807) is 18.2 Å². The van der Waals surface area contributed by atoms with Crippen molar-refractivity contribution in [1.82, 2.24) is 0 Å². The zero-order chi connectivity index (χ0) is 16.1. The van der Waals surface area contributed by atoms with Crippen molar-refractivity contribution in [3.63, 3.8) is 0 Å². The molecule has 1 N–H and O–H groups in total. The van der Waals surface area contributed by atoms with E-state index in [2.05, 4.69) is 0 Å². The van der Waals surface area contributed by atoms with Crippen LogP contribution in [0.1, 0.15) is 21.5 Å². The lowest BCUT2D eigenvalue weighted by molar-refractivity contribution is 0.0696. The van der Waals surface area contributed by atoms with Crippen LogP contribution in [0.25, 0.3) is 0 Å². The van der Waals surface area contributed by atoms with E-state index in [0.29, 0.717) is 16.5 Å². The Kier molecular flexibility index (Phi) is 5.26. The predicted octanol–water partition coefficient (Wildman–Crippen LogP) is 4.18. The maximum Gasteiger partial charge on any atom is 0.335 e. The minimum Gasteiger partial charge on any atom is -0.492 e. The van der Waals surface area contributed by atoms with Gasteiger partial charge in [-0.25, -0.2) is 4.79 Å². The molecule has 112 valence electrons. The van der Waals surface area contributed by atoms with E-state index in [-0.39, 0.29) is 23.5 Å². The number of carbonyl (C=O) groups is 1. The highest BCUT2D eigenvalue weighted by molar-refractivity contribution is 6.35. The Morgan fingerprint density at radius 3 is 2.64 bits per heavy atom. The molecule has 2 aromatic rings. The summed E-state index contributed by atoms with van der Waals surface area (Å²) in [6.07, 6.45) is 0.512. The summed E-state index contributed by atoms with van der Waals surface area (Å²) in [7, 11) is 0. The fraction of sp³-hybridized carbons (Fsp3) is 0.125. The lowest BCUT2D eigenvalue weighted by Gasteiger charge is -2.10. The van der Waals surface area contributed by atoms with Crippen molar-refractivity contribution >= 4 is 29.2 Å². The van der Waals surface area contributed by atoms with E-state index in [9.17, 15) is 4.79 Å². The number of halogens is 2. The van der Waals surface area contributed by atoms with Crippen LogP contribution in [0.5, 0.6) is 5.75 Å². The number of carboxylic acid groups (broad SMARTS) is 1. The number of nitriles is 1. The molecule has 0 amide bonds. The molecule has 4 nitrogen and oxygen atoms in total. The summed E-state index contributed by atoms with van der Waals surface area (Å²) >= 11 is 11.9. The van der Waals surface area contributed by atoms with Crippen LogP contribution in [0.4, 0.5) is 0 Å². The summed E-state index contributed by atoms with van der Waals surface area (Å²) in [6, 6.07) is 11.3. The zero-order valence-electron chi connectivity index (χ0n) is 11.3. The van der Waals surface area contributed by atoms with Crippen molar-refractivity contribution in [1.29, 1.82) is 5.26 Å². The van der Waals surface area contributed by atoms with Gasteiger partial charge in [0.2, 0.25) is 0 Å². The normalized spacial score (nSPS) is 10.0. The zero-order valence-corrected chi connectivity index (χ0v) is 12.9. The number of aromatic carboxylic acids is 1. The summed E-state index contributed by atoms with van der Waals surface area (Å²) in [5.74, 6) is -0.831. The second-order valence-electron chi connectivity index (χ2n) is 4.46. The molecule has 0 aromatic heterocycles. The maximum atomic E-state index is 11.0. The van der Waals surface area contributed by atoms with Gasteiger partial charge in [0.15, 0.2) is 0 Å². The van der Waals surface area contributed by atoms with E-state index in [4.69, 9.17) is 38.3 Å². The molecular weight excluding hydrogens is 325 g/mol. The maximum absolute atomic E-state index is 11.0. The summed E-state index contributed by atoms with van der Waals surface area (Å²) < 4.78 is 5.53. The van der Waals surface area contributed by atoms with Gasteiger partial charge in [-0.2, -0.15) is 5.26 Å². The van der Waals surface area contributed by atoms with Crippen molar-refractivity contribution in [3.05, 3.63) is 63.1 Å². The van der Waals surface area contributed by atoms with Crippen molar-refractivity contribution < 1.29 is 14.6 Å². The molecule has 0 heterocycles. The van der Waals surface area contributed by atoms with Gasteiger partial charge in [0.05, 0.1) is 17.7 Å². The molecule has 22 heavy (non-hydrogen) atoms. The van der Waals surface area contributed by atoms with Crippen molar-refractivity contribution in [2.45, 2.75) is 6.42 Å². The first-order valence-corrected chi connectivity index (χ1v) is 7.11. The number of carboxylic acids is 1. The molecule has 0 atom stereocenters. The summed E-state index contributed by atoms with van der Waals surface area (Å²) in [4.78, 5) is 11.0. The Bertz CT molecular complexity index is 754. The highest BCUT2D eigenvalue weighted by Gasteiger charge is 2.10. The molecule has 0 fully saturated rings. The monoisotopic (exact) mass is 335 g/mol. The van der Waals surface area contributed by atoms with Crippen molar-refractivity contribution in [2.75, 3.05) is 6.61 Å². The topological polar surface area (TPSA) is 70.3 Å². The van der Waals surface area contributed by atoms with Crippen LogP contribution >= 0.6 is 23.2 Å². The van der Waals surface area contributed by atoms with Crippen LogP contribution in [-0.4, -0.2) is 17.7 Å². The van der Waals surface area contributed by atoms with Crippen LogP contribution in [0.2, 0.25) is 10.0 Å². The van der Waals surface area contributed by atoms with E-state index in [0.717, 1.165) is 5.56 Å². The van der Waals surface area contributed by atoms with Gasteiger partial charge in [-0.15, -0.1) is 0 Å². The van der Waals surface area contributed by atoms with Gasteiger partial charge in [0, 0.05) is 16.5 Å². The van der Waals surface area contributed by atoms with E-state index >= 15 is 0 Å². The molecule has 0 aliphatic rings. The number of nitrogens with zero attached hydrogens (tertiary/aromatic N) is 1. The van der Waals surface area contributed by atoms with Crippen LogP contribution in [0.3, 0.4) is 0 Å². The van der Waals surface area contributed by atoms with Crippen LogP contribution in [0, 0.1) is 11.3 Å². The van der Waals surface area contributed by atoms with Gasteiger partial charge in [-0.05, 0) is 35.9 Å². The number of benzene rings is 2. The number of ether oxygens (including phenoxy) is 1. The van der Waals surface area contributed by atoms with E-state index < -0.39 is 5.97 Å². The molecule has 0 spiro atoms. The van der Waals surface area contributed by atoms with Gasteiger partial charge in [-0.3, -0.25) is 0 Å². The van der Waals surface area contributed by atoms with Crippen LogP contribution < -0.4 is 4.74 Å². The molecule has 0 saturated heterocycles. The Labute approximate surface area is 137 Å². The first-order valence-electron chi connectivity index (χ1n) is 6.35. The SMILES string of the molecule is N#Cc1ccc(C(=O)O)cc1OCCc1ccc(Cl)cc1Cl. The molecule has 0 saturated carbocycles. The van der Waals surface area contributed by atoms with Crippen LogP contribution in [0.15, 0.2) is 36.4 Å². The van der Waals surface area contributed by atoms with E-state index in [1.807, 2.05) is 6.07 Å². The molecule has 0 aliphatic carbocycles. The highest BCUT2D eigenvalue weighted by atomic mass is 35.5. The van der Waals surface area contributed by atoms with Crippen LogP contribution in [-0.2, 0) is 6.42 Å². The van der Waals surface area contributed by atoms with Gasteiger partial charge in [0.25, 0.3) is 0 Å². The van der Waals surface area contributed by atoms with Gasteiger partial charge >= 0.3 is 5.97 Å². The lowest BCUT2D eigenvalue weighted by atomic mass is 10.1. The molecule has 2 rings (SSSR count). The first-order chi connectivity index (χ1) is 10.5. The lowest BCUT2D eigenvalue weighted by Crippen LogP contribution is -2.05. The molecule has 0 bridgehead atoms. The molecule has 0 aliphatic heterocycles. The van der Waals surface area contributed by atoms with Crippen molar-refractivity contribution in [3.8, 4) is 11.8 Å². The third kappa shape index (κ3) is 3.91. The Morgan fingerprint density at radius 2 is 2.00 bits per heavy atom. The summed E-state index contributed by atoms with van der Waals surface area (Å²) in [5, 5.41) is 19.1. The van der Waals surface area contributed by atoms with Gasteiger partial charge in [0.1, 0.15) is 11.8 Å². The standard InChI is InChI=1S/C16H11Cl2NO3/c17-13-4-3-10(14(18)8-13)5-6-22-15-7-11(16(20)21)1-2-12(15)9-19/h1-4,7-8H,5-6H2,(H,20,21). The third-order valence-electron chi connectivity index (χ3n) is 2.99. The summed E-state index contributed by atoms with van der Waals surface area (Å²) in [5.41, 5.74) is 1.21.